The molecule has 0 unspecified atom stereocenters. The van der Waals surface area contributed by atoms with Gasteiger partial charge in [-0.2, -0.15) is 5.26 Å². The Morgan fingerprint density at radius 2 is 2.33 bits per heavy atom. The van der Waals surface area contributed by atoms with Crippen LogP contribution in [0.15, 0.2) is 16.6 Å². The monoisotopic (exact) mass is 267 g/mol. The average Bonchev–Trinajstić information content (AvgIpc) is 2.22. The minimum absolute atomic E-state index is 0.101. The third kappa shape index (κ3) is 2.70. The van der Waals surface area contributed by atoms with Crippen LogP contribution in [-0.4, -0.2) is 5.91 Å². The fraction of sp³-hybridized carbons (Fsp3) is 0.200. The molecular weight excluding hydrogens is 258 g/mol. The molecule has 78 valence electrons. The summed E-state index contributed by atoms with van der Waals surface area (Å²) in [6, 6.07) is 5.18. The van der Waals surface area contributed by atoms with E-state index in [-0.39, 0.29) is 5.91 Å². The molecule has 0 saturated carbocycles. The van der Waals surface area contributed by atoms with Crippen molar-refractivity contribution in [3.05, 3.63) is 22.2 Å². The maximum atomic E-state index is 11.1. The maximum Gasteiger partial charge on any atom is 0.224 e. The predicted molar refractivity (Wildman–Crippen MR) is 62.2 cm³/mol. The largest absolute Gasteiger partial charge is 0.397 e. The highest BCUT2D eigenvalue weighted by molar-refractivity contribution is 9.10. The number of halogens is 1. The van der Waals surface area contributed by atoms with E-state index >= 15 is 0 Å². The molecule has 0 atom stereocenters. The first-order valence-corrected chi connectivity index (χ1v) is 5.16. The van der Waals surface area contributed by atoms with E-state index in [0.717, 1.165) is 0 Å². The summed E-state index contributed by atoms with van der Waals surface area (Å²) < 4.78 is 0.605. The fourth-order valence-electron chi connectivity index (χ4n) is 1.03. The van der Waals surface area contributed by atoms with E-state index in [2.05, 4.69) is 21.2 Å². The van der Waals surface area contributed by atoms with Gasteiger partial charge in [0.1, 0.15) is 6.07 Å². The van der Waals surface area contributed by atoms with Crippen LogP contribution in [0.5, 0.6) is 0 Å². The number of benzene rings is 1. The summed E-state index contributed by atoms with van der Waals surface area (Å²) in [4.78, 5) is 11.1. The molecule has 1 amide bonds. The van der Waals surface area contributed by atoms with Crippen LogP contribution >= 0.6 is 15.9 Å². The van der Waals surface area contributed by atoms with Crippen molar-refractivity contribution in [3.63, 3.8) is 0 Å². The van der Waals surface area contributed by atoms with Gasteiger partial charge in [-0.05, 0) is 28.1 Å². The first-order valence-electron chi connectivity index (χ1n) is 4.37. The van der Waals surface area contributed by atoms with Gasteiger partial charge >= 0.3 is 0 Å². The second-order valence-electron chi connectivity index (χ2n) is 2.93. The van der Waals surface area contributed by atoms with Crippen LogP contribution in [0.4, 0.5) is 11.4 Å². The number of nitrogens with two attached hydrogens (primary N) is 1. The third-order valence-corrected chi connectivity index (χ3v) is 2.51. The standard InChI is InChI=1S/C10H10BrN3O/c1-2-9(15)14-7-3-6(5-12)10(13)8(11)4-7/h3-4H,2,13H2,1H3,(H,14,15). The molecule has 15 heavy (non-hydrogen) atoms. The lowest BCUT2D eigenvalue weighted by molar-refractivity contribution is -0.115. The number of amides is 1. The fourth-order valence-corrected chi connectivity index (χ4v) is 1.49. The van der Waals surface area contributed by atoms with E-state index in [1.165, 1.54) is 0 Å². The van der Waals surface area contributed by atoms with E-state index in [9.17, 15) is 4.79 Å². The van der Waals surface area contributed by atoms with E-state index < -0.39 is 0 Å². The number of nitrogens with one attached hydrogen (secondary N) is 1. The van der Waals surface area contributed by atoms with Gasteiger partial charge in [0.25, 0.3) is 0 Å². The molecular formula is C10H10BrN3O. The van der Waals surface area contributed by atoms with Crippen molar-refractivity contribution >= 4 is 33.2 Å². The minimum Gasteiger partial charge on any atom is -0.397 e. The molecule has 0 aliphatic carbocycles. The van der Waals surface area contributed by atoms with Crippen molar-refractivity contribution in [3.8, 4) is 6.07 Å². The zero-order valence-electron chi connectivity index (χ0n) is 8.17. The van der Waals surface area contributed by atoms with Crippen molar-refractivity contribution in [1.82, 2.24) is 0 Å². The number of carbonyl (C=O) groups is 1. The van der Waals surface area contributed by atoms with Crippen LogP contribution in [0.3, 0.4) is 0 Å². The summed E-state index contributed by atoms with van der Waals surface area (Å²) in [5, 5.41) is 11.5. The smallest absolute Gasteiger partial charge is 0.224 e. The number of anilines is 2. The van der Waals surface area contributed by atoms with E-state index in [1.807, 2.05) is 6.07 Å². The van der Waals surface area contributed by atoms with E-state index in [4.69, 9.17) is 11.0 Å². The molecule has 4 nitrogen and oxygen atoms in total. The van der Waals surface area contributed by atoms with Crippen LogP contribution < -0.4 is 11.1 Å². The number of carbonyl (C=O) groups excluding carboxylic acids is 1. The second kappa shape index (κ2) is 4.80. The highest BCUT2D eigenvalue weighted by Crippen LogP contribution is 2.27. The van der Waals surface area contributed by atoms with Gasteiger partial charge in [0.15, 0.2) is 0 Å². The Morgan fingerprint density at radius 1 is 1.67 bits per heavy atom. The minimum atomic E-state index is -0.101. The maximum absolute atomic E-state index is 11.1. The van der Waals surface area contributed by atoms with Crippen LogP contribution in [0.25, 0.3) is 0 Å². The van der Waals surface area contributed by atoms with Crippen molar-refractivity contribution < 1.29 is 4.79 Å². The van der Waals surface area contributed by atoms with Gasteiger partial charge in [-0.1, -0.05) is 6.92 Å². The quantitative estimate of drug-likeness (QED) is 0.807. The normalized spacial score (nSPS) is 9.40. The van der Waals surface area contributed by atoms with Crippen LogP contribution in [0.2, 0.25) is 0 Å². The molecule has 3 N–H and O–H groups in total. The zero-order valence-corrected chi connectivity index (χ0v) is 9.76. The molecule has 0 saturated heterocycles. The lowest BCUT2D eigenvalue weighted by atomic mass is 10.2. The summed E-state index contributed by atoms with van der Waals surface area (Å²) in [5.41, 5.74) is 6.94. The lowest BCUT2D eigenvalue weighted by Gasteiger charge is -2.07. The Balaban J connectivity index is 3.07. The molecule has 5 heteroatoms. The molecule has 0 heterocycles. The van der Waals surface area contributed by atoms with Crippen molar-refractivity contribution in [1.29, 1.82) is 5.26 Å². The number of nitrogen functional groups attached to an aromatic ring is 1. The lowest BCUT2D eigenvalue weighted by Crippen LogP contribution is -2.10. The summed E-state index contributed by atoms with van der Waals surface area (Å²) >= 11 is 3.22. The van der Waals surface area contributed by atoms with Gasteiger partial charge in [-0.3, -0.25) is 4.79 Å². The van der Waals surface area contributed by atoms with Gasteiger partial charge in [0, 0.05) is 16.6 Å². The van der Waals surface area contributed by atoms with Crippen molar-refractivity contribution in [2.45, 2.75) is 13.3 Å². The summed E-state index contributed by atoms with van der Waals surface area (Å²) in [6.45, 7) is 1.76. The Morgan fingerprint density at radius 3 is 2.87 bits per heavy atom. The van der Waals surface area contributed by atoms with Crippen molar-refractivity contribution in [2.75, 3.05) is 11.1 Å². The Labute approximate surface area is 96.2 Å². The SMILES string of the molecule is CCC(=O)Nc1cc(Br)c(N)c(C#N)c1. The van der Waals surface area contributed by atoms with Crippen LogP contribution in [0.1, 0.15) is 18.9 Å². The van der Waals surface area contributed by atoms with Crippen molar-refractivity contribution in [2.24, 2.45) is 0 Å². The highest BCUT2D eigenvalue weighted by atomic mass is 79.9. The van der Waals surface area contributed by atoms with E-state index in [0.29, 0.717) is 27.8 Å². The number of hydrogen-bond donors (Lipinski definition) is 2. The predicted octanol–water partition coefficient (Wildman–Crippen LogP) is 2.25. The summed E-state index contributed by atoms with van der Waals surface area (Å²) in [5.74, 6) is -0.101. The first kappa shape index (κ1) is 11.5. The number of hydrogen-bond acceptors (Lipinski definition) is 3. The average molecular weight is 268 g/mol. The van der Waals surface area contributed by atoms with Crippen LogP contribution in [0, 0.1) is 11.3 Å². The van der Waals surface area contributed by atoms with Gasteiger partial charge in [-0.25, -0.2) is 0 Å². The van der Waals surface area contributed by atoms with E-state index in [1.54, 1.807) is 19.1 Å². The Kier molecular flexibility index (Phi) is 3.69. The van der Waals surface area contributed by atoms with Gasteiger partial charge in [0.05, 0.1) is 11.3 Å². The molecule has 1 rings (SSSR count). The number of nitriles is 1. The Bertz CT molecular complexity index is 437. The number of rotatable bonds is 2. The molecule has 0 aliphatic rings. The third-order valence-electron chi connectivity index (χ3n) is 1.85. The molecule has 0 radical (unpaired) electrons. The molecule has 0 bridgehead atoms. The summed E-state index contributed by atoms with van der Waals surface area (Å²) in [6.07, 6.45) is 0.393. The Hall–Kier alpha value is -1.54. The zero-order chi connectivity index (χ0) is 11.4. The van der Waals surface area contributed by atoms with Crippen LogP contribution in [-0.2, 0) is 4.79 Å². The van der Waals surface area contributed by atoms with Gasteiger partial charge in [-0.15, -0.1) is 0 Å². The summed E-state index contributed by atoms with van der Waals surface area (Å²) in [7, 11) is 0. The first-order chi connectivity index (χ1) is 7.08. The molecule has 1 aromatic carbocycles. The number of nitrogens with zero attached hydrogens (tertiary/aromatic N) is 1. The molecule has 0 fully saturated rings. The second-order valence-corrected chi connectivity index (χ2v) is 3.79. The molecule has 0 spiro atoms. The highest BCUT2D eigenvalue weighted by Gasteiger charge is 2.07. The van der Waals surface area contributed by atoms with Gasteiger partial charge < -0.3 is 11.1 Å². The topological polar surface area (TPSA) is 78.9 Å². The molecule has 1 aromatic rings. The van der Waals surface area contributed by atoms with Gasteiger partial charge in [0.2, 0.25) is 5.91 Å². The molecule has 0 aliphatic heterocycles. The molecule has 0 aromatic heterocycles.